The Morgan fingerprint density at radius 1 is 1.00 bits per heavy atom. The molecule has 7 nitrogen and oxygen atoms in total. The zero-order valence-corrected chi connectivity index (χ0v) is 15.9. The maximum Gasteiger partial charge on any atom is 0.250 e. The average molecular weight is 384 g/mol. The summed E-state index contributed by atoms with van der Waals surface area (Å²) in [6.07, 6.45) is 10.7. The van der Waals surface area contributed by atoms with Gasteiger partial charge in [-0.1, -0.05) is 12.1 Å². The van der Waals surface area contributed by atoms with Crippen molar-refractivity contribution >= 4 is 29.0 Å². The van der Waals surface area contributed by atoms with Crippen molar-refractivity contribution in [3.05, 3.63) is 60.5 Å². The quantitative estimate of drug-likeness (QED) is 0.696. The van der Waals surface area contributed by atoms with Crippen LogP contribution in [0, 0.1) is 0 Å². The summed E-state index contributed by atoms with van der Waals surface area (Å²) in [6, 6.07) is 9.63. The highest BCUT2D eigenvalue weighted by molar-refractivity contribution is 5.96. The average Bonchev–Trinajstić information content (AvgIpc) is 3.19. The first-order chi connectivity index (χ1) is 14.3. The number of hydrogen-bond acceptors (Lipinski definition) is 5. The van der Waals surface area contributed by atoms with E-state index in [-0.39, 0.29) is 5.91 Å². The highest BCUT2D eigenvalue weighted by Crippen LogP contribution is 2.31. The molecule has 0 aromatic carbocycles. The van der Waals surface area contributed by atoms with Gasteiger partial charge in [-0.2, -0.15) is 0 Å². The van der Waals surface area contributed by atoms with E-state index in [0.717, 1.165) is 40.4 Å². The van der Waals surface area contributed by atoms with E-state index in [2.05, 4.69) is 19.5 Å². The van der Waals surface area contributed by atoms with Crippen LogP contribution in [0.1, 0.15) is 12.8 Å². The lowest BCUT2D eigenvalue weighted by Gasteiger charge is -2.25. The third kappa shape index (κ3) is 3.24. The van der Waals surface area contributed by atoms with E-state index in [1.165, 1.54) is 0 Å². The molecule has 1 aliphatic heterocycles. The van der Waals surface area contributed by atoms with Crippen molar-refractivity contribution in [2.24, 2.45) is 4.99 Å². The topological polar surface area (TPSA) is 76.3 Å². The zero-order valence-electron chi connectivity index (χ0n) is 15.9. The molecule has 2 aliphatic rings. The van der Waals surface area contributed by atoms with Gasteiger partial charge in [0.15, 0.2) is 11.5 Å². The van der Waals surface area contributed by atoms with E-state index >= 15 is 0 Å². The van der Waals surface area contributed by atoms with Crippen LogP contribution >= 0.6 is 0 Å². The van der Waals surface area contributed by atoms with E-state index in [9.17, 15) is 4.79 Å². The monoisotopic (exact) mass is 384 g/mol. The van der Waals surface area contributed by atoms with Gasteiger partial charge in [0.05, 0.1) is 13.1 Å². The van der Waals surface area contributed by atoms with Crippen molar-refractivity contribution < 1.29 is 4.79 Å². The Morgan fingerprint density at radius 3 is 2.69 bits per heavy atom. The number of aromatic nitrogens is 4. The molecule has 0 spiro atoms. The van der Waals surface area contributed by atoms with Gasteiger partial charge in [0.1, 0.15) is 11.2 Å². The fourth-order valence-electron chi connectivity index (χ4n) is 3.75. The van der Waals surface area contributed by atoms with Crippen molar-refractivity contribution in [2.45, 2.75) is 12.8 Å². The number of aliphatic imine (C=N–C) groups is 1. The van der Waals surface area contributed by atoms with Crippen LogP contribution in [0.4, 0.5) is 0 Å². The third-order valence-electron chi connectivity index (χ3n) is 5.22. The second-order valence-corrected chi connectivity index (χ2v) is 7.02. The number of imidazole rings is 1. The molecule has 0 saturated carbocycles. The summed E-state index contributed by atoms with van der Waals surface area (Å²) in [5.41, 5.74) is 4.32. The van der Waals surface area contributed by atoms with Crippen LogP contribution in [0.2, 0.25) is 0 Å². The van der Waals surface area contributed by atoms with Gasteiger partial charge in [-0.25, -0.2) is 9.97 Å². The van der Waals surface area contributed by atoms with E-state index in [1.807, 2.05) is 53.6 Å². The Hall–Kier alpha value is -3.61. The molecule has 4 heterocycles. The summed E-state index contributed by atoms with van der Waals surface area (Å²) in [6.45, 7) is 1.95. The SMILES string of the molecule is O=C(C1=CC=C(n2c(-c3ccccn3)nc3cccnc32)CC1)N1CC=NCC1. The minimum Gasteiger partial charge on any atom is -0.332 e. The zero-order chi connectivity index (χ0) is 19.6. The van der Waals surface area contributed by atoms with Gasteiger partial charge in [0.2, 0.25) is 5.91 Å². The molecule has 144 valence electrons. The third-order valence-corrected chi connectivity index (χ3v) is 5.22. The van der Waals surface area contributed by atoms with Crippen molar-refractivity contribution in [3.8, 4) is 11.5 Å². The molecule has 0 fully saturated rings. The van der Waals surface area contributed by atoms with Crippen molar-refractivity contribution in [2.75, 3.05) is 19.6 Å². The number of rotatable bonds is 3. The van der Waals surface area contributed by atoms with Crippen LogP contribution in [0.3, 0.4) is 0 Å². The van der Waals surface area contributed by atoms with Crippen LogP contribution in [-0.4, -0.2) is 56.2 Å². The van der Waals surface area contributed by atoms with E-state index in [4.69, 9.17) is 4.98 Å². The van der Waals surface area contributed by atoms with Crippen molar-refractivity contribution in [1.82, 2.24) is 24.4 Å². The second kappa shape index (κ2) is 7.43. The molecule has 1 amide bonds. The molecular weight excluding hydrogens is 364 g/mol. The van der Waals surface area contributed by atoms with Crippen LogP contribution in [-0.2, 0) is 4.79 Å². The standard InChI is InChI=1S/C22H20N6O/c29-22(27-14-12-23-13-15-27)16-6-8-17(9-7-16)28-20-19(5-3-11-25-20)26-21(28)18-4-1-2-10-24-18/h1-6,8,10-12H,7,9,13-15H2. The number of hydrogen-bond donors (Lipinski definition) is 0. The largest absolute Gasteiger partial charge is 0.332 e. The summed E-state index contributed by atoms with van der Waals surface area (Å²) in [4.78, 5) is 32.6. The molecule has 5 rings (SSSR count). The van der Waals surface area contributed by atoms with E-state index in [0.29, 0.717) is 26.1 Å². The normalized spacial score (nSPS) is 16.6. The summed E-state index contributed by atoms with van der Waals surface area (Å²) in [7, 11) is 0. The summed E-state index contributed by atoms with van der Waals surface area (Å²) < 4.78 is 2.06. The Labute approximate surface area is 168 Å². The maximum atomic E-state index is 12.8. The first kappa shape index (κ1) is 17.5. The highest BCUT2D eigenvalue weighted by atomic mass is 16.2. The number of nitrogens with zero attached hydrogens (tertiary/aromatic N) is 6. The molecule has 0 bridgehead atoms. The molecule has 29 heavy (non-hydrogen) atoms. The lowest BCUT2D eigenvalue weighted by atomic mass is 10.0. The number of carbonyl (C=O) groups is 1. The molecule has 0 radical (unpaired) electrons. The predicted octanol–water partition coefficient (Wildman–Crippen LogP) is 2.97. The maximum absolute atomic E-state index is 12.8. The molecule has 0 atom stereocenters. The Bertz CT molecular complexity index is 1160. The lowest BCUT2D eigenvalue weighted by molar-refractivity contribution is -0.126. The summed E-state index contributed by atoms with van der Waals surface area (Å²) in [5.74, 6) is 0.867. The molecule has 3 aromatic heterocycles. The summed E-state index contributed by atoms with van der Waals surface area (Å²) >= 11 is 0. The van der Waals surface area contributed by atoms with Gasteiger partial charge in [0.25, 0.3) is 0 Å². The number of fused-ring (bicyclic) bond motifs is 1. The fraction of sp³-hybridized carbons (Fsp3) is 0.227. The smallest absolute Gasteiger partial charge is 0.250 e. The van der Waals surface area contributed by atoms with Gasteiger partial charge < -0.3 is 4.90 Å². The fourth-order valence-corrected chi connectivity index (χ4v) is 3.75. The molecule has 0 unspecified atom stereocenters. The Kier molecular flexibility index (Phi) is 4.48. The lowest BCUT2D eigenvalue weighted by Crippen LogP contribution is -2.38. The molecule has 3 aromatic rings. The summed E-state index contributed by atoms with van der Waals surface area (Å²) in [5, 5.41) is 0. The van der Waals surface area contributed by atoms with E-state index < -0.39 is 0 Å². The molecule has 0 saturated heterocycles. The Morgan fingerprint density at radius 2 is 1.93 bits per heavy atom. The highest BCUT2D eigenvalue weighted by Gasteiger charge is 2.23. The molecule has 0 N–H and O–H groups in total. The first-order valence-electron chi connectivity index (χ1n) is 9.74. The second-order valence-electron chi connectivity index (χ2n) is 7.02. The van der Waals surface area contributed by atoms with Crippen molar-refractivity contribution in [1.29, 1.82) is 0 Å². The van der Waals surface area contributed by atoms with E-state index in [1.54, 1.807) is 12.4 Å². The van der Waals surface area contributed by atoms with Gasteiger partial charge in [-0.3, -0.25) is 19.3 Å². The minimum atomic E-state index is 0.102. The predicted molar refractivity (Wildman–Crippen MR) is 112 cm³/mol. The number of allylic oxidation sites excluding steroid dienone is 3. The van der Waals surface area contributed by atoms with Crippen LogP contribution in [0.25, 0.3) is 28.4 Å². The van der Waals surface area contributed by atoms with Crippen LogP contribution in [0.15, 0.2) is 65.4 Å². The number of carbonyl (C=O) groups excluding carboxylic acids is 1. The molecule has 7 heteroatoms. The van der Waals surface area contributed by atoms with Crippen LogP contribution in [0.5, 0.6) is 0 Å². The van der Waals surface area contributed by atoms with Gasteiger partial charge in [0, 0.05) is 36.4 Å². The first-order valence-corrected chi connectivity index (χ1v) is 9.74. The Balaban J connectivity index is 1.54. The molecule has 1 aliphatic carbocycles. The number of pyridine rings is 2. The van der Waals surface area contributed by atoms with Gasteiger partial charge in [-0.05, 0) is 43.2 Å². The molecular formula is C22H20N6O. The van der Waals surface area contributed by atoms with Crippen molar-refractivity contribution in [3.63, 3.8) is 0 Å². The minimum absolute atomic E-state index is 0.102. The van der Waals surface area contributed by atoms with Gasteiger partial charge >= 0.3 is 0 Å². The number of amides is 1. The van der Waals surface area contributed by atoms with Gasteiger partial charge in [-0.15, -0.1) is 0 Å². The van der Waals surface area contributed by atoms with Crippen LogP contribution < -0.4 is 0 Å².